The van der Waals surface area contributed by atoms with Gasteiger partial charge in [-0.15, -0.1) is 0 Å². The Morgan fingerprint density at radius 3 is 2.46 bits per heavy atom. The molecule has 3 fully saturated rings. The van der Waals surface area contributed by atoms with Crippen LogP contribution in [0.4, 0.5) is 22.4 Å². The van der Waals surface area contributed by atoms with E-state index in [0.29, 0.717) is 29.4 Å². The number of fused-ring (bicyclic) bond motifs is 4. The van der Waals surface area contributed by atoms with Gasteiger partial charge in [-0.3, -0.25) is 4.90 Å². The van der Waals surface area contributed by atoms with Gasteiger partial charge in [0.2, 0.25) is 0 Å². The van der Waals surface area contributed by atoms with Gasteiger partial charge in [0.15, 0.2) is 0 Å². The van der Waals surface area contributed by atoms with E-state index >= 15 is 0 Å². The van der Waals surface area contributed by atoms with Crippen LogP contribution in [0.25, 0.3) is 11.1 Å². The smallest absolute Gasteiger partial charge is 0.419 e. The molecule has 0 spiro atoms. The number of benzene rings is 2. The third-order valence-corrected chi connectivity index (χ3v) is 7.43. The van der Waals surface area contributed by atoms with E-state index in [0.717, 1.165) is 44.6 Å². The lowest BCUT2D eigenvalue weighted by molar-refractivity contribution is -0.139. The molecule has 4 aliphatic rings. The molecule has 2 atom stereocenters. The van der Waals surface area contributed by atoms with Crippen LogP contribution in [0.2, 0.25) is 0 Å². The third-order valence-electron chi connectivity index (χ3n) is 7.43. The molecule has 9 heteroatoms. The standard InChI is InChI=1S/C26H28F4N2O3/c1-25(2)14-34-21-12-17(16-4-6-20(27)19(11-16)26(28,29)30)3-5-18(21)23(25)31-24(33)35-22-13-32-9-7-15(22)8-10-32/h3-6,11-12,15,22-23H,7-10,13-14H2,1-2H3,(H,31,33)/t22-,23?/m1/s1. The average molecular weight is 493 g/mol. The highest BCUT2D eigenvalue weighted by Crippen LogP contribution is 2.45. The number of amides is 1. The van der Waals surface area contributed by atoms with Crippen LogP contribution >= 0.6 is 0 Å². The Kier molecular flexibility index (Phi) is 5.94. The van der Waals surface area contributed by atoms with E-state index in [-0.39, 0.29) is 11.7 Å². The van der Waals surface area contributed by atoms with Gasteiger partial charge in [-0.1, -0.05) is 32.0 Å². The van der Waals surface area contributed by atoms with Crippen molar-refractivity contribution in [2.24, 2.45) is 11.3 Å². The fourth-order valence-electron chi connectivity index (χ4n) is 5.37. The van der Waals surface area contributed by atoms with Gasteiger partial charge in [-0.2, -0.15) is 13.2 Å². The summed E-state index contributed by atoms with van der Waals surface area (Å²) >= 11 is 0. The Morgan fingerprint density at radius 1 is 1.11 bits per heavy atom. The highest BCUT2D eigenvalue weighted by molar-refractivity contribution is 5.70. The van der Waals surface area contributed by atoms with Gasteiger partial charge in [0.05, 0.1) is 18.2 Å². The van der Waals surface area contributed by atoms with Gasteiger partial charge in [0.25, 0.3) is 0 Å². The molecule has 3 saturated heterocycles. The van der Waals surface area contributed by atoms with Crippen molar-refractivity contribution in [3.63, 3.8) is 0 Å². The van der Waals surface area contributed by atoms with Crippen molar-refractivity contribution in [3.05, 3.63) is 53.3 Å². The lowest BCUT2D eigenvalue weighted by Gasteiger charge is -2.44. The van der Waals surface area contributed by atoms with E-state index in [1.807, 2.05) is 13.8 Å². The predicted molar refractivity (Wildman–Crippen MR) is 121 cm³/mol. The van der Waals surface area contributed by atoms with Crippen molar-refractivity contribution < 1.29 is 31.8 Å². The highest BCUT2D eigenvalue weighted by atomic mass is 19.4. The molecule has 0 aromatic heterocycles. The fourth-order valence-corrected chi connectivity index (χ4v) is 5.37. The number of carbonyl (C=O) groups excluding carboxylic acids is 1. The number of hydrogen-bond donors (Lipinski definition) is 1. The van der Waals surface area contributed by atoms with Gasteiger partial charge in [0, 0.05) is 17.5 Å². The summed E-state index contributed by atoms with van der Waals surface area (Å²) in [5.41, 5.74) is -0.357. The largest absolute Gasteiger partial charge is 0.493 e. The van der Waals surface area contributed by atoms with Gasteiger partial charge < -0.3 is 14.8 Å². The number of halogens is 4. The van der Waals surface area contributed by atoms with E-state index < -0.39 is 35.1 Å². The molecule has 0 radical (unpaired) electrons. The fraction of sp³-hybridized carbons (Fsp3) is 0.500. The van der Waals surface area contributed by atoms with Crippen LogP contribution in [-0.4, -0.2) is 43.3 Å². The van der Waals surface area contributed by atoms with Crippen molar-refractivity contribution in [1.82, 2.24) is 10.2 Å². The van der Waals surface area contributed by atoms with Crippen molar-refractivity contribution in [1.29, 1.82) is 0 Å². The zero-order chi connectivity index (χ0) is 25.0. The molecule has 6 rings (SSSR count). The van der Waals surface area contributed by atoms with E-state index in [9.17, 15) is 22.4 Å². The number of rotatable bonds is 3. The molecule has 4 aliphatic heterocycles. The first kappa shape index (κ1) is 23.9. The van der Waals surface area contributed by atoms with Crippen LogP contribution in [0.3, 0.4) is 0 Å². The summed E-state index contributed by atoms with van der Waals surface area (Å²) in [4.78, 5) is 15.2. The molecule has 1 amide bonds. The minimum Gasteiger partial charge on any atom is -0.493 e. The second-order valence-electron chi connectivity index (χ2n) is 10.4. The summed E-state index contributed by atoms with van der Waals surface area (Å²) in [6.45, 7) is 7.09. The topological polar surface area (TPSA) is 50.8 Å². The lowest BCUT2D eigenvalue weighted by Crippen LogP contribution is -2.53. The number of alkyl halides is 3. The van der Waals surface area contributed by atoms with Gasteiger partial charge in [-0.25, -0.2) is 9.18 Å². The molecule has 2 aromatic rings. The average Bonchev–Trinajstić information content (AvgIpc) is 2.81. The summed E-state index contributed by atoms with van der Waals surface area (Å²) in [6, 6.07) is 7.53. The minimum atomic E-state index is -4.79. The van der Waals surface area contributed by atoms with E-state index in [1.165, 1.54) is 6.07 Å². The first-order chi connectivity index (χ1) is 16.5. The number of ether oxygens (including phenoxy) is 2. The molecule has 4 heterocycles. The van der Waals surface area contributed by atoms with Crippen LogP contribution in [0.1, 0.15) is 43.9 Å². The first-order valence-corrected chi connectivity index (χ1v) is 11.8. The minimum absolute atomic E-state index is 0.122. The van der Waals surface area contributed by atoms with E-state index in [4.69, 9.17) is 9.47 Å². The Balaban J connectivity index is 1.37. The van der Waals surface area contributed by atoms with Gasteiger partial charge in [-0.05, 0) is 61.2 Å². The first-order valence-electron chi connectivity index (χ1n) is 11.8. The quantitative estimate of drug-likeness (QED) is 0.551. The second kappa shape index (κ2) is 8.69. The van der Waals surface area contributed by atoms with Crippen molar-refractivity contribution >= 4 is 6.09 Å². The number of carbonyl (C=O) groups is 1. The molecule has 1 unspecified atom stereocenters. The van der Waals surface area contributed by atoms with Crippen molar-refractivity contribution in [3.8, 4) is 16.9 Å². The Hall–Kier alpha value is -2.81. The van der Waals surface area contributed by atoms with Crippen LogP contribution in [0.5, 0.6) is 5.75 Å². The molecular formula is C26H28F4N2O3. The summed E-state index contributed by atoms with van der Waals surface area (Å²) in [7, 11) is 0. The van der Waals surface area contributed by atoms with Crippen LogP contribution in [-0.2, 0) is 10.9 Å². The zero-order valence-corrected chi connectivity index (χ0v) is 19.6. The molecule has 5 nitrogen and oxygen atoms in total. The number of nitrogens with one attached hydrogen (secondary N) is 1. The molecule has 0 aliphatic carbocycles. The summed E-state index contributed by atoms with van der Waals surface area (Å²) in [5, 5.41) is 3.01. The second-order valence-corrected chi connectivity index (χ2v) is 10.4. The summed E-state index contributed by atoms with van der Waals surface area (Å²) in [5.74, 6) is -0.462. The van der Waals surface area contributed by atoms with Gasteiger partial charge in [0.1, 0.15) is 17.7 Å². The molecule has 0 saturated carbocycles. The van der Waals surface area contributed by atoms with E-state index in [2.05, 4.69) is 10.2 Å². The maximum atomic E-state index is 13.7. The number of nitrogens with zero attached hydrogens (tertiary/aromatic N) is 1. The monoisotopic (exact) mass is 492 g/mol. The maximum Gasteiger partial charge on any atom is 0.419 e. The molecule has 1 N–H and O–H groups in total. The number of piperidine rings is 3. The Bertz CT molecular complexity index is 1130. The molecule has 188 valence electrons. The predicted octanol–water partition coefficient (Wildman–Crippen LogP) is 5.79. The third kappa shape index (κ3) is 4.70. The normalized spacial score (nSPS) is 27.0. The van der Waals surface area contributed by atoms with Crippen molar-refractivity contribution in [2.75, 3.05) is 26.2 Å². The van der Waals surface area contributed by atoms with Crippen molar-refractivity contribution in [2.45, 2.75) is 45.0 Å². The van der Waals surface area contributed by atoms with E-state index in [1.54, 1.807) is 18.2 Å². The molecule has 2 aromatic carbocycles. The van der Waals surface area contributed by atoms with Crippen LogP contribution < -0.4 is 10.1 Å². The number of alkyl carbamates (subject to hydrolysis) is 1. The number of hydrogen-bond acceptors (Lipinski definition) is 4. The van der Waals surface area contributed by atoms with Gasteiger partial charge >= 0.3 is 12.3 Å². The van der Waals surface area contributed by atoms with Crippen LogP contribution in [0, 0.1) is 17.2 Å². The maximum absolute atomic E-state index is 13.7. The zero-order valence-electron chi connectivity index (χ0n) is 19.6. The lowest BCUT2D eigenvalue weighted by atomic mass is 9.78. The summed E-state index contributed by atoms with van der Waals surface area (Å²) in [6.07, 6.45) is -3.33. The molecule has 2 bridgehead atoms. The SMILES string of the molecule is CC1(C)COc2cc(-c3ccc(F)c(C(F)(F)F)c3)ccc2C1NC(=O)O[C@@H]1CN2CCC1CC2. The molecular weight excluding hydrogens is 464 g/mol. The molecule has 35 heavy (non-hydrogen) atoms. The Labute approximate surface area is 201 Å². The Morgan fingerprint density at radius 2 is 1.80 bits per heavy atom. The highest BCUT2D eigenvalue weighted by Gasteiger charge is 2.41. The summed E-state index contributed by atoms with van der Waals surface area (Å²) < 4.78 is 65.0. The van der Waals surface area contributed by atoms with Crippen LogP contribution in [0.15, 0.2) is 36.4 Å².